The molecule has 1 heterocycles. The zero-order valence-electron chi connectivity index (χ0n) is 8.86. The summed E-state index contributed by atoms with van der Waals surface area (Å²) in [7, 11) is 0. The zero-order valence-corrected chi connectivity index (χ0v) is 8.86. The summed E-state index contributed by atoms with van der Waals surface area (Å²) in [6.07, 6.45) is 1.80. The van der Waals surface area contributed by atoms with E-state index in [1.165, 1.54) is 0 Å². The van der Waals surface area contributed by atoms with Crippen LogP contribution in [0.5, 0.6) is 0 Å². The minimum atomic E-state index is -0.181. The monoisotopic (exact) mass is 212 g/mol. The fourth-order valence-corrected chi connectivity index (χ4v) is 1.78. The van der Waals surface area contributed by atoms with Gasteiger partial charge in [-0.2, -0.15) is 0 Å². The summed E-state index contributed by atoms with van der Waals surface area (Å²) in [6.45, 7) is 7.97. The Morgan fingerprint density at radius 1 is 1.31 bits per heavy atom. The molecular formula is C13H12N2O. The molecule has 16 heavy (non-hydrogen) atoms. The van der Waals surface area contributed by atoms with Crippen LogP contribution in [0.2, 0.25) is 0 Å². The lowest BCUT2D eigenvalue weighted by molar-refractivity contribution is 0.103. The summed E-state index contributed by atoms with van der Waals surface area (Å²) in [5.74, 6) is -0.181. The molecule has 1 fully saturated rings. The van der Waals surface area contributed by atoms with Crippen molar-refractivity contribution >= 4 is 5.78 Å². The third-order valence-electron chi connectivity index (χ3n) is 2.59. The van der Waals surface area contributed by atoms with Gasteiger partial charge in [0.1, 0.15) is 0 Å². The van der Waals surface area contributed by atoms with E-state index in [1.807, 2.05) is 18.2 Å². The summed E-state index contributed by atoms with van der Waals surface area (Å²) in [5, 5.41) is 3.10. The van der Waals surface area contributed by atoms with Crippen LogP contribution in [0.25, 0.3) is 4.85 Å². The number of allylic oxidation sites excluding steroid dienone is 2. The predicted octanol–water partition coefficient (Wildman–Crippen LogP) is 2.38. The first-order valence-electron chi connectivity index (χ1n) is 5.27. The van der Waals surface area contributed by atoms with Gasteiger partial charge in [0.15, 0.2) is 5.78 Å². The molecule has 80 valence electrons. The van der Waals surface area contributed by atoms with Crippen molar-refractivity contribution in [3.05, 3.63) is 58.7 Å². The minimum absolute atomic E-state index is 0.181. The molecule has 1 aliphatic rings. The lowest BCUT2D eigenvalue weighted by atomic mass is 10.1. The Morgan fingerprint density at radius 2 is 2.06 bits per heavy atom. The van der Waals surface area contributed by atoms with Crippen LogP contribution >= 0.6 is 0 Å². The Kier molecular flexibility index (Phi) is 3.02. The van der Waals surface area contributed by atoms with Crippen LogP contribution in [0, 0.1) is 6.57 Å². The van der Waals surface area contributed by atoms with Crippen LogP contribution < -0.4 is 5.32 Å². The first kappa shape index (κ1) is 10.4. The van der Waals surface area contributed by atoms with Crippen LogP contribution in [-0.4, -0.2) is 12.3 Å². The van der Waals surface area contributed by atoms with Gasteiger partial charge in [0.2, 0.25) is 0 Å². The standard InChI is InChI=1S/C13H12N2O/c1-14-12(11-8-5-9-15-11)13(16)10-6-3-2-4-7-10/h2-4,6-7,15H,5,8-9H2/b12-11+. The Morgan fingerprint density at radius 3 is 2.62 bits per heavy atom. The number of nitrogens with one attached hydrogen (secondary N) is 1. The molecule has 0 unspecified atom stereocenters. The number of benzene rings is 1. The lowest BCUT2D eigenvalue weighted by Gasteiger charge is -2.03. The Balaban J connectivity index is 2.34. The molecule has 0 radical (unpaired) electrons. The summed E-state index contributed by atoms with van der Waals surface area (Å²) in [6, 6.07) is 8.95. The molecule has 1 N–H and O–H groups in total. The first-order valence-corrected chi connectivity index (χ1v) is 5.27. The highest BCUT2D eigenvalue weighted by Gasteiger charge is 2.19. The van der Waals surface area contributed by atoms with E-state index in [1.54, 1.807) is 12.1 Å². The topological polar surface area (TPSA) is 33.5 Å². The van der Waals surface area contributed by atoms with Gasteiger partial charge in [-0.15, -0.1) is 0 Å². The predicted molar refractivity (Wildman–Crippen MR) is 61.6 cm³/mol. The largest absolute Gasteiger partial charge is 0.397 e. The van der Waals surface area contributed by atoms with E-state index in [9.17, 15) is 4.79 Å². The van der Waals surface area contributed by atoms with E-state index in [0.717, 1.165) is 25.1 Å². The van der Waals surface area contributed by atoms with Gasteiger partial charge in [-0.05, 0) is 12.8 Å². The van der Waals surface area contributed by atoms with Gasteiger partial charge in [0.25, 0.3) is 5.70 Å². The number of hydrogen-bond donors (Lipinski definition) is 1. The Bertz CT molecular complexity index is 460. The van der Waals surface area contributed by atoms with E-state index in [-0.39, 0.29) is 11.5 Å². The molecule has 1 saturated heterocycles. The van der Waals surface area contributed by atoms with Crippen molar-refractivity contribution < 1.29 is 4.79 Å². The summed E-state index contributed by atoms with van der Waals surface area (Å²) in [5.41, 5.74) is 1.61. The van der Waals surface area contributed by atoms with Crippen LogP contribution in [0.3, 0.4) is 0 Å². The number of hydrogen-bond acceptors (Lipinski definition) is 2. The third-order valence-corrected chi connectivity index (χ3v) is 2.59. The maximum atomic E-state index is 12.1. The molecule has 0 aromatic heterocycles. The molecule has 0 amide bonds. The van der Waals surface area contributed by atoms with E-state index < -0.39 is 0 Å². The number of nitrogens with zero attached hydrogens (tertiary/aromatic N) is 1. The molecule has 0 bridgehead atoms. The molecule has 1 aromatic carbocycles. The number of Topliss-reactive ketones (excluding diaryl/α,β-unsaturated/α-hetero) is 1. The molecular weight excluding hydrogens is 200 g/mol. The van der Waals surface area contributed by atoms with Crippen molar-refractivity contribution in [2.45, 2.75) is 12.8 Å². The van der Waals surface area contributed by atoms with Crippen LogP contribution in [0.1, 0.15) is 23.2 Å². The molecule has 1 aromatic rings. The third kappa shape index (κ3) is 1.96. The second kappa shape index (κ2) is 4.63. The molecule has 3 heteroatoms. The van der Waals surface area contributed by atoms with E-state index >= 15 is 0 Å². The van der Waals surface area contributed by atoms with E-state index in [4.69, 9.17) is 6.57 Å². The zero-order chi connectivity index (χ0) is 11.4. The molecule has 0 saturated carbocycles. The van der Waals surface area contributed by atoms with Gasteiger partial charge in [0, 0.05) is 17.8 Å². The number of rotatable bonds is 2. The minimum Gasteiger partial charge on any atom is -0.397 e. The van der Waals surface area contributed by atoms with Crippen molar-refractivity contribution in [3.63, 3.8) is 0 Å². The summed E-state index contributed by atoms with van der Waals surface area (Å²) >= 11 is 0. The summed E-state index contributed by atoms with van der Waals surface area (Å²) < 4.78 is 0. The number of carbonyl (C=O) groups excluding carboxylic acids is 1. The maximum Gasteiger partial charge on any atom is 0.252 e. The van der Waals surface area contributed by atoms with E-state index in [0.29, 0.717) is 5.56 Å². The van der Waals surface area contributed by atoms with Crippen molar-refractivity contribution in [2.75, 3.05) is 6.54 Å². The van der Waals surface area contributed by atoms with E-state index in [2.05, 4.69) is 10.2 Å². The van der Waals surface area contributed by atoms with Gasteiger partial charge in [-0.3, -0.25) is 0 Å². The fraction of sp³-hybridized carbons (Fsp3) is 0.231. The molecule has 0 atom stereocenters. The van der Waals surface area contributed by atoms with Gasteiger partial charge >= 0.3 is 0 Å². The van der Waals surface area contributed by atoms with Crippen molar-refractivity contribution in [1.29, 1.82) is 0 Å². The SMILES string of the molecule is [C-]#[N+]/C(C(=O)c1ccccc1)=C1\CCCN1. The normalized spacial score (nSPS) is 17.4. The van der Waals surface area contributed by atoms with Crippen molar-refractivity contribution in [1.82, 2.24) is 5.32 Å². The molecule has 1 aliphatic heterocycles. The van der Waals surface area contributed by atoms with Gasteiger partial charge in [-0.1, -0.05) is 30.3 Å². The first-order chi connectivity index (χ1) is 7.83. The maximum absolute atomic E-state index is 12.1. The highest BCUT2D eigenvalue weighted by atomic mass is 16.1. The van der Waals surface area contributed by atoms with Gasteiger partial charge in [-0.25, -0.2) is 4.85 Å². The molecule has 0 spiro atoms. The molecule has 0 aliphatic carbocycles. The Hall–Kier alpha value is -2.08. The average molecular weight is 212 g/mol. The van der Waals surface area contributed by atoms with Crippen LogP contribution in [0.4, 0.5) is 0 Å². The van der Waals surface area contributed by atoms with Gasteiger partial charge < -0.3 is 10.1 Å². The average Bonchev–Trinajstić information content (AvgIpc) is 2.85. The summed E-state index contributed by atoms with van der Waals surface area (Å²) in [4.78, 5) is 15.4. The second-order valence-corrected chi connectivity index (χ2v) is 3.66. The van der Waals surface area contributed by atoms with Crippen LogP contribution in [0.15, 0.2) is 41.7 Å². The van der Waals surface area contributed by atoms with Crippen LogP contribution in [-0.2, 0) is 0 Å². The molecule has 3 nitrogen and oxygen atoms in total. The molecule has 2 rings (SSSR count). The highest BCUT2D eigenvalue weighted by molar-refractivity contribution is 6.10. The fourth-order valence-electron chi connectivity index (χ4n) is 1.78. The smallest absolute Gasteiger partial charge is 0.252 e. The lowest BCUT2D eigenvalue weighted by Crippen LogP contribution is -2.11. The quantitative estimate of drug-likeness (QED) is 0.464. The van der Waals surface area contributed by atoms with Crippen molar-refractivity contribution in [2.24, 2.45) is 0 Å². The Labute approximate surface area is 94.6 Å². The highest BCUT2D eigenvalue weighted by Crippen LogP contribution is 2.19. The van der Waals surface area contributed by atoms with Gasteiger partial charge in [0.05, 0.1) is 6.57 Å². The number of carbonyl (C=O) groups is 1. The second-order valence-electron chi connectivity index (χ2n) is 3.66. The number of ketones is 1. The van der Waals surface area contributed by atoms with Crippen molar-refractivity contribution in [3.8, 4) is 0 Å².